The Labute approximate surface area is 150 Å². The Morgan fingerprint density at radius 2 is 1.50 bits per heavy atom. The molecule has 0 aliphatic heterocycles. The third kappa shape index (κ3) is 7.68. The third-order valence-electron chi connectivity index (χ3n) is 6.14. The predicted octanol–water partition coefficient (Wildman–Crippen LogP) is 6.30. The molecule has 0 heterocycles. The lowest BCUT2D eigenvalue weighted by Crippen LogP contribution is -2.28. The van der Waals surface area contributed by atoms with Crippen molar-refractivity contribution < 1.29 is 9.90 Å². The van der Waals surface area contributed by atoms with Crippen LogP contribution in [0, 0.1) is 17.3 Å². The SMILES string of the molecule is CCCCCCCC[C@H]1CC(C)(C)C(O)[C@@H]1CCCCCCC=O. The fourth-order valence-electron chi connectivity index (χ4n) is 4.64. The zero-order valence-electron chi connectivity index (χ0n) is 16.6. The molecule has 1 aliphatic rings. The highest BCUT2D eigenvalue weighted by atomic mass is 16.3. The second kappa shape index (κ2) is 12.1. The number of hydrogen-bond donors (Lipinski definition) is 1. The van der Waals surface area contributed by atoms with E-state index in [1.807, 2.05) is 0 Å². The van der Waals surface area contributed by atoms with Crippen molar-refractivity contribution in [3.05, 3.63) is 0 Å². The summed E-state index contributed by atoms with van der Waals surface area (Å²) in [4.78, 5) is 10.4. The van der Waals surface area contributed by atoms with Gasteiger partial charge in [-0.25, -0.2) is 0 Å². The lowest BCUT2D eigenvalue weighted by atomic mass is 9.85. The molecular weight excluding hydrogens is 296 g/mol. The smallest absolute Gasteiger partial charge is 0.119 e. The van der Waals surface area contributed by atoms with Crippen LogP contribution in [0.5, 0.6) is 0 Å². The lowest BCUT2D eigenvalue weighted by Gasteiger charge is -2.26. The molecule has 0 saturated heterocycles. The van der Waals surface area contributed by atoms with Crippen LogP contribution in [0.25, 0.3) is 0 Å². The third-order valence-corrected chi connectivity index (χ3v) is 6.14. The molecule has 0 bridgehead atoms. The molecule has 0 spiro atoms. The largest absolute Gasteiger partial charge is 0.392 e. The predicted molar refractivity (Wildman–Crippen MR) is 103 cm³/mol. The molecule has 0 radical (unpaired) electrons. The summed E-state index contributed by atoms with van der Waals surface area (Å²) < 4.78 is 0. The number of aliphatic hydroxyl groups is 1. The van der Waals surface area contributed by atoms with Gasteiger partial charge in [0.15, 0.2) is 0 Å². The van der Waals surface area contributed by atoms with Crippen molar-refractivity contribution in [2.75, 3.05) is 0 Å². The van der Waals surface area contributed by atoms with Crippen molar-refractivity contribution in [1.29, 1.82) is 0 Å². The minimum Gasteiger partial charge on any atom is -0.392 e. The van der Waals surface area contributed by atoms with E-state index in [4.69, 9.17) is 0 Å². The molecule has 142 valence electrons. The Kier molecular flexibility index (Phi) is 10.9. The fourth-order valence-corrected chi connectivity index (χ4v) is 4.64. The maximum Gasteiger partial charge on any atom is 0.119 e. The summed E-state index contributed by atoms with van der Waals surface area (Å²) >= 11 is 0. The van der Waals surface area contributed by atoms with Crippen LogP contribution in [-0.2, 0) is 4.79 Å². The quantitative estimate of drug-likeness (QED) is 0.298. The summed E-state index contributed by atoms with van der Waals surface area (Å²) in [6.07, 6.45) is 18.1. The molecule has 1 N–H and O–H groups in total. The number of hydrogen-bond acceptors (Lipinski definition) is 2. The molecule has 1 rings (SSSR count). The van der Waals surface area contributed by atoms with E-state index >= 15 is 0 Å². The Balaban J connectivity index is 2.30. The van der Waals surface area contributed by atoms with E-state index in [-0.39, 0.29) is 11.5 Å². The topological polar surface area (TPSA) is 37.3 Å². The number of rotatable bonds is 14. The van der Waals surface area contributed by atoms with Crippen LogP contribution in [0.15, 0.2) is 0 Å². The van der Waals surface area contributed by atoms with Gasteiger partial charge >= 0.3 is 0 Å². The number of aldehydes is 1. The first-order chi connectivity index (χ1) is 11.5. The van der Waals surface area contributed by atoms with Crippen molar-refractivity contribution in [2.45, 2.75) is 117 Å². The van der Waals surface area contributed by atoms with Gasteiger partial charge < -0.3 is 9.90 Å². The van der Waals surface area contributed by atoms with E-state index in [1.165, 1.54) is 70.6 Å². The molecule has 1 aliphatic carbocycles. The van der Waals surface area contributed by atoms with Gasteiger partial charge in [-0.15, -0.1) is 0 Å². The number of unbranched alkanes of at least 4 members (excludes halogenated alkanes) is 9. The lowest BCUT2D eigenvalue weighted by molar-refractivity contribution is -0.107. The molecule has 0 aromatic heterocycles. The zero-order valence-corrected chi connectivity index (χ0v) is 16.6. The van der Waals surface area contributed by atoms with Crippen molar-refractivity contribution in [3.63, 3.8) is 0 Å². The van der Waals surface area contributed by atoms with Crippen molar-refractivity contribution in [1.82, 2.24) is 0 Å². The van der Waals surface area contributed by atoms with Gasteiger partial charge in [-0.3, -0.25) is 0 Å². The molecule has 3 atom stereocenters. The Hall–Kier alpha value is -0.370. The van der Waals surface area contributed by atoms with Gasteiger partial charge in [0.1, 0.15) is 6.29 Å². The standard InChI is InChI=1S/C22H42O2/c1-4-5-6-7-9-12-15-19-18-22(2,3)21(24)20(19)16-13-10-8-11-14-17-23/h17,19-21,24H,4-16,18H2,1-3H3/t19-,20+,21?/m0/s1. The molecule has 1 unspecified atom stereocenters. The molecule has 1 saturated carbocycles. The average Bonchev–Trinajstić information content (AvgIpc) is 2.76. The normalized spacial score (nSPS) is 25.9. The van der Waals surface area contributed by atoms with Gasteiger partial charge in [0, 0.05) is 6.42 Å². The maximum absolute atomic E-state index is 10.8. The van der Waals surface area contributed by atoms with E-state index in [0.717, 1.165) is 25.0 Å². The van der Waals surface area contributed by atoms with Crippen molar-refractivity contribution >= 4 is 6.29 Å². The highest BCUT2D eigenvalue weighted by Crippen LogP contribution is 2.49. The summed E-state index contributed by atoms with van der Waals surface area (Å²) in [5.74, 6) is 1.22. The van der Waals surface area contributed by atoms with Gasteiger partial charge in [-0.1, -0.05) is 85.0 Å². The van der Waals surface area contributed by atoms with Crippen LogP contribution in [0.2, 0.25) is 0 Å². The van der Waals surface area contributed by atoms with E-state index < -0.39 is 0 Å². The average molecular weight is 339 g/mol. The fraction of sp³-hybridized carbons (Fsp3) is 0.955. The van der Waals surface area contributed by atoms with Crippen LogP contribution in [-0.4, -0.2) is 17.5 Å². The molecule has 1 fully saturated rings. The highest BCUT2D eigenvalue weighted by Gasteiger charge is 2.46. The molecule has 0 aromatic rings. The van der Waals surface area contributed by atoms with Crippen LogP contribution >= 0.6 is 0 Å². The van der Waals surface area contributed by atoms with E-state index in [0.29, 0.717) is 12.3 Å². The Morgan fingerprint density at radius 1 is 0.917 bits per heavy atom. The minimum atomic E-state index is -0.127. The molecule has 2 heteroatoms. The van der Waals surface area contributed by atoms with E-state index in [2.05, 4.69) is 20.8 Å². The van der Waals surface area contributed by atoms with Gasteiger partial charge in [0.2, 0.25) is 0 Å². The van der Waals surface area contributed by atoms with Gasteiger partial charge in [-0.2, -0.15) is 0 Å². The molecule has 24 heavy (non-hydrogen) atoms. The minimum absolute atomic E-state index is 0.0923. The van der Waals surface area contributed by atoms with Crippen LogP contribution in [0.1, 0.15) is 111 Å². The first kappa shape index (κ1) is 21.7. The van der Waals surface area contributed by atoms with Gasteiger partial charge in [0.25, 0.3) is 0 Å². The van der Waals surface area contributed by atoms with Crippen molar-refractivity contribution in [3.8, 4) is 0 Å². The number of aliphatic hydroxyl groups excluding tert-OH is 1. The molecule has 2 nitrogen and oxygen atoms in total. The van der Waals surface area contributed by atoms with Crippen LogP contribution in [0.3, 0.4) is 0 Å². The Morgan fingerprint density at radius 3 is 2.17 bits per heavy atom. The zero-order chi connectivity index (χ0) is 17.8. The Bertz CT molecular complexity index is 324. The van der Waals surface area contributed by atoms with Gasteiger partial charge in [0.05, 0.1) is 6.10 Å². The summed E-state index contributed by atoms with van der Waals surface area (Å²) in [5, 5.41) is 10.8. The maximum atomic E-state index is 10.8. The summed E-state index contributed by atoms with van der Waals surface area (Å²) in [6.45, 7) is 6.76. The number of carbonyl (C=O) groups is 1. The summed E-state index contributed by atoms with van der Waals surface area (Å²) in [5.41, 5.74) is 0.0923. The monoisotopic (exact) mass is 338 g/mol. The summed E-state index contributed by atoms with van der Waals surface area (Å²) in [7, 11) is 0. The first-order valence-corrected chi connectivity index (χ1v) is 10.6. The first-order valence-electron chi connectivity index (χ1n) is 10.6. The number of carbonyl (C=O) groups excluding carboxylic acids is 1. The molecule has 0 amide bonds. The molecule has 0 aromatic carbocycles. The van der Waals surface area contributed by atoms with Crippen LogP contribution in [0.4, 0.5) is 0 Å². The van der Waals surface area contributed by atoms with Crippen LogP contribution < -0.4 is 0 Å². The van der Waals surface area contributed by atoms with Gasteiger partial charge in [-0.05, 0) is 36.5 Å². The highest BCUT2D eigenvalue weighted by molar-refractivity contribution is 5.48. The summed E-state index contributed by atoms with van der Waals surface area (Å²) in [6, 6.07) is 0. The van der Waals surface area contributed by atoms with Crippen molar-refractivity contribution in [2.24, 2.45) is 17.3 Å². The second-order valence-electron chi connectivity index (χ2n) is 8.78. The molecular formula is C22H42O2. The van der Waals surface area contributed by atoms with E-state index in [9.17, 15) is 9.90 Å². The second-order valence-corrected chi connectivity index (χ2v) is 8.78. The van der Waals surface area contributed by atoms with E-state index in [1.54, 1.807) is 0 Å².